The highest BCUT2D eigenvalue weighted by atomic mass is 35.5. The van der Waals surface area contributed by atoms with Gasteiger partial charge in [0.25, 0.3) is 0 Å². The molecule has 1 amide bonds. The summed E-state index contributed by atoms with van der Waals surface area (Å²) in [5.41, 5.74) is 1.17. The molecular weight excluding hydrogens is 286 g/mol. The van der Waals surface area contributed by atoms with Crippen molar-refractivity contribution in [2.45, 2.75) is 38.2 Å². The van der Waals surface area contributed by atoms with Gasteiger partial charge in [-0.2, -0.15) is 0 Å². The molecule has 1 saturated heterocycles. The monoisotopic (exact) mass is 307 g/mol. The summed E-state index contributed by atoms with van der Waals surface area (Å²) < 4.78 is 0. The van der Waals surface area contributed by atoms with E-state index in [-0.39, 0.29) is 23.8 Å². The van der Waals surface area contributed by atoms with Crippen molar-refractivity contribution in [1.29, 1.82) is 0 Å². The van der Waals surface area contributed by atoms with Crippen molar-refractivity contribution in [3.63, 3.8) is 0 Å². The largest absolute Gasteiger partial charge is 0.393 e. The predicted molar refractivity (Wildman–Crippen MR) is 83.3 cm³/mol. The van der Waals surface area contributed by atoms with Gasteiger partial charge in [0, 0.05) is 29.9 Å². The summed E-state index contributed by atoms with van der Waals surface area (Å²) in [6, 6.07) is 7.83. The molecular formula is C17H22ClNO2. The van der Waals surface area contributed by atoms with Gasteiger partial charge in [0.1, 0.15) is 0 Å². The molecule has 4 unspecified atom stereocenters. The van der Waals surface area contributed by atoms with E-state index in [1.165, 1.54) is 5.56 Å². The maximum absolute atomic E-state index is 12.6. The van der Waals surface area contributed by atoms with E-state index in [0.29, 0.717) is 12.5 Å². The van der Waals surface area contributed by atoms with Crippen LogP contribution in [-0.2, 0) is 4.79 Å². The van der Waals surface area contributed by atoms with E-state index in [0.717, 1.165) is 30.8 Å². The molecule has 0 bridgehead atoms. The molecule has 0 aromatic heterocycles. The molecule has 1 N–H and O–H groups in total. The molecule has 3 rings (SSSR count). The van der Waals surface area contributed by atoms with Gasteiger partial charge in [-0.1, -0.05) is 23.7 Å². The topological polar surface area (TPSA) is 40.5 Å². The normalized spacial score (nSPS) is 30.0. The van der Waals surface area contributed by atoms with Crippen molar-refractivity contribution in [2.24, 2.45) is 11.8 Å². The number of rotatable bonds is 3. The van der Waals surface area contributed by atoms with Crippen molar-refractivity contribution in [3.8, 4) is 0 Å². The van der Waals surface area contributed by atoms with E-state index in [9.17, 15) is 9.90 Å². The molecule has 0 spiro atoms. The lowest BCUT2D eigenvalue weighted by Gasteiger charge is -2.34. The first-order chi connectivity index (χ1) is 10.1. The summed E-state index contributed by atoms with van der Waals surface area (Å²) in [5.74, 6) is 0.913. The lowest BCUT2D eigenvalue weighted by molar-refractivity contribution is -0.135. The number of nitrogens with zero attached hydrogens (tertiary/aromatic N) is 1. The molecule has 1 saturated carbocycles. The van der Waals surface area contributed by atoms with Crippen LogP contribution in [-0.4, -0.2) is 35.1 Å². The lowest BCUT2D eigenvalue weighted by atomic mass is 9.93. The second-order valence-electron chi connectivity index (χ2n) is 6.43. The smallest absolute Gasteiger partial charge is 0.226 e. The van der Waals surface area contributed by atoms with Crippen LogP contribution < -0.4 is 0 Å². The minimum atomic E-state index is -0.330. The first-order valence-electron chi connectivity index (χ1n) is 7.78. The van der Waals surface area contributed by atoms with Crippen LogP contribution >= 0.6 is 11.6 Å². The molecule has 2 fully saturated rings. The molecule has 3 nitrogen and oxygen atoms in total. The Labute approximate surface area is 130 Å². The second kappa shape index (κ2) is 5.98. The molecule has 114 valence electrons. The molecule has 1 aromatic carbocycles. The van der Waals surface area contributed by atoms with Crippen molar-refractivity contribution >= 4 is 17.5 Å². The number of likely N-dealkylation sites (tertiary alicyclic amines) is 1. The number of aliphatic hydroxyl groups excluding tert-OH is 1. The molecule has 2 aliphatic rings. The summed E-state index contributed by atoms with van der Waals surface area (Å²) in [4.78, 5) is 14.6. The molecule has 1 aliphatic heterocycles. The number of hydrogen-bond acceptors (Lipinski definition) is 2. The standard InChI is InChI=1S/C17H22ClNO2/c1-11(20)13-5-3-7-19(10-13)17(21)16-9-15(16)12-4-2-6-14(18)8-12/h2,4,6,8,11,13,15-16,20H,3,5,7,9-10H2,1H3. The summed E-state index contributed by atoms with van der Waals surface area (Å²) in [7, 11) is 0. The Morgan fingerprint density at radius 2 is 2.29 bits per heavy atom. The zero-order chi connectivity index (χ0) is 15.0. The van der Waals surface area contributed by atoms with Gasteiger partial charge < -0.3 is 10.0 Å². The third-order valence-electron chi connectivity index (χ3n) is 4.84. The van der Waals surface area contributed by atoms with Gasteiger partial charge in [0.2, 0.25) is 5.91 Å². The number of amides is 1. The Kier molecular flexibility index (Phi) is 4.23. The van der Waals surface area contributed by atoms with Gasteiger partial charge in [-0.25, -0.2) is 0 Å². The minimum Gasteiger partial charge on any atom is -0.393 e. The fourth-order valence-electron chi connectivity index (χ4n) is 3.41. The number of piperidine rings is 1. The van der Waals surface area contributed by atoms with Crippen LogP contribution in [0.5, 0.6) is 0 Å². The van der Waals surface area contributed by atoms with Crippen molar-refractivity contribution < 1.29 is 9.90 Å². The zero-order valence-electron chi connectivity index (χ0n) is 12.3. The van der Waals surface area contributed by atoms with Gasteiger partial charge in [-0.15, -0.1) is 0 Å². The molecule has 1 aliphatic carbocycles. The van der Waals surface area contributed by atoms with Crippen LogP contribution in [0.3, 0.4) is 0 Å². The van der Waals surface area contributed by atoms with Crippen molar-refractivity contribution in [3.05, 3.63) is 34.9 Å². The van der Waals surface area contributed by atoms with Crippen LogP contribution in [0, 0.1) is 11.8 Å². The number of carbonyl (C=O) groups excluding carboxylic acids is 1. The van der Waals surface area contributed by atoms with Crippen LogP contribution in [0.25, 0.3) is 0 Å². The van der Waals surface area contributed by atoms with Crippen LogP contribution in [0.2, 0.25) is 5.02 Å². The van der Waals surface area contributed by atoms with Crippen molar-refractivity contribution in [1.82, 2.24) is 4.90 Å². The van der Waals surface area contributed by atoms with Crippen molar-refractivity contribution in [2.75, 3.05) is 13.1 Å². The number of carbonyl (C=O) groups is 1. The molecule has 4 heteroatoms. The zero-order valence-corrected chi connectivity index (χ0v) is 13.1. The van der Waals surface area contributed by atoms with E-state index in [2.05, 4.69) is 6.07 Å². The Bertz CT molecular complexity index is 531. The van der Waals surface area contributed by atoms with Gasteiger partial charge in [-0.3, -0.25) is 4.79 Å². The molecule has 21 heavy (non-hydrogen) atoms. The fourth-order valence-corrected chi connectivity index (χ4v) is 3.61. The first kappa shape index (κ1) is 14.9. The first-order valence-corrected chi connectivity index (χ1v) is 8.16. The van der Waals surface area contributed by atoms with Gasteiger partial charge >= 0.3 is 0 Å². The van der Waals surface area contributed by atoms with E-state index < -0.39 is 0 Å². The number of benzene rings is 1. The highest BCUT2D eigenvalue weighted by molar-refractivity contribution is 6.30. The number of aliphatic hydroxyl groups is 1. The maximum atomic E-state index is 12.6. The molecule has 4 atom stereocenters. The molecule has 0 radical (unpaired) electrons. The summed E-state index contributed by atoms with van der Waals surface area (Å²) >= 11 is 6.02. The van der Waals surface area contributed by atoms with Gasteiger partial charge in [0.05, 0.1) is 6.10 Å². The SMILES string of the molecule is CC(O)C1CCCN(C(=O)C2CC2c2cccc(Cl)c2)C1. The van der Waals surface area contributed by atoms with Gasteiger partial charge in [-0.05, 0) is 49.8 Å². The van der Waals surface area contributed by atoms with Crippen LogP contribution in [0.1, 0.15) is 37.7 Å². The van der Waals surface area contributed by atoms with Crippen LogP contribution in [0.15, 0.2) is 24.3 Å². The van der Waals surface area contributed by atoms with E-state index in [4.69, 9.17) is 11.6 Å². The van der Waals surface area contributed by atoms with E-state index in [1.54, 1.807) is 0 Å². The summed E-state index contributed by atoms with van der Waals surface area (Å²) in [6.45, 7) is 3.36. The predicted octanol–water partition coefficient (Wildman–Crippen LogP) is 3.06. The van der Waals surface area contributed by atoms with Crippen LogP contribution in [0.4, 0.5) is 0 Å². The average Bonchev–Trinajstić information content (AvgIpc) is 3.27. The number of hydrogen-bond donors (Lipinski definition) is 1. The highest BCUT2D eigenvalue weighted by Crippen LogP contribution is 2.49. The summed E-state index contributed by atoms with van der Waals surface area (Å²) in [5, 5.41) is 10.5. The highest BCUT2D eigenvalue weighted by Gasteiger charge is 2.46. The Hall–Kier alpha value is -1.06. The quantitative estimate of drug-likeness (QED) is 0.932. The minimum absolute atomic E-state index is 0.108. The third-order valence-corrected chi connectivity index (χ3v) is 5.07. The fraction of sp³-hybridized carbons (Fsp3) is 0.588. The molecule has 1 aromatic rings. The maximum Gasteiger partial charge on any atom is 0.226 e. The van der Waals surface area contributed by atoms with E-state index >= 15 is 0 Å². The van der Waals surface area contributed by atoms with E-state index in [1.807, 2.05) is 30.0 Å². The Morgan fingerprint density at radius 3 is 3.00 bits per heavy atom. The number of halogens is 1. The van der Waals surface area contributed by atoms with Gasteiger partial charge in [0.15, 0.2) is 0 Å². The lowest BCUT2D eigenvalue weighted by Crippen LogP contribution is -2.43. The Balaban J connectivity index is 1.62. The third kappa shape index (κ3) is 3.24. The summed E-state index contributed by atoms with van der Waals surface area (Å²) in [6.07, 6.45) is 2.61. The molecule has 1 heterocycles. The Morgan fingerprint density at radius 1 is 1.48 bits per heavy atom. The average molecular weight is 308 g/mol. The second-order valence-corrected chi connectivity index (χ2v) is 6.87.